The third-order valence-electron chi connectivity index (χ3n) is 1.48. The first kappa shape index (κ1) is 11.6. The van der Waals surface area contributed by atoms with Gasteiger partial charge in [0.05, 0.1) is 6.04 Å². The molecule has 1 atom stereocenters. The zero-order valence-electron chi connectivity index (χ0n) is 7.70. The van der Waals surface area contributed by atoms with Crippen LogP contribution in [-0.2, 0) is 9.59 Å². The molecule has 4 N–H and O–H groups in total. The fourth-order valence-corrected chi connectivity index (χ4v) is 0.676. The van der Waals surface area contributed by atoms with Gasteiger partial charge in [0, 0.05) is 12.6 Å². The summed E-state index contributed by atoms with van der Waals surface area (Å²) in [6.07, 6.45) is 1.08. The summed E-state index contributed by atoms with van der Waals surface area (Å²) >= 11 is 0. The average Bonchev–Trinajstić information content (AvgIpc) is 1.98. The maximum absolute atomic E-state index is 10.6. The molecule has 0 heterocycles. The molecule has 0 saturated heterocycles. The molecule has 0 radical (unpaired) electrons. The van der Waals surface area contributed by atoms with Crippen molar-refractivity contribution in [2.75, 3.05) is 6.54 Å². The van der Waals surface area contributed by atoms with Gasteiger partial charge in [-0.1, -0.05) is 5.57 Å². The molecular formula is C8H14N2O3. The van der Waals surface area contributed by atoms with Crippen LogP contribution in [0.5, 0.6) is 0 Å². The van der Waals surface area contributed by atoms with Crippen LogP contribution in [0.4, 0.5) is 0 Å². The highest BCUT2D eigenvalue weighted by atomic mass is 16.4. The van der Waals surface area contributed by atoms with E-state index in [1.807, 2.05) is 0 Å². The number of carbonyl (C=O) groups is 2. The van der Waals surface area contributed by atoms with Crippen molar-refractivity contribution in [3.63, 3.8) is 0 Å². The van der Waals surface area contributed by atoms with Gasteiger partial charge in [-0.2, -0.15) is 0 Å². The second-order valence-corrected chi connectivity index (χ2v) is 2.83. The highest BCUT2D eigenvalue weighted by Crippen LogP contribution is 1.90. The standard InChI is InChI=1S/C8H14N2O3/c1-5(3-7(11)12)4-10-6(2)8(9)13/h3,6,10H,4H2,1-2H3,(H2,9,13)(H,11,12). The van der Waals surface area contributed by atoms with Gasteiger partial charge >= 0.3 is 5.97 Å². The van der Waals surface area contributed by atoms with Crippen molar-refractivity contribution in [3.05, 3.63) is 11.6 Å². The van der Waals surface area contributed by atoms with Gasteiger partial charge in [0.15, 0.2) is 0 Å². The fourth-order valence-electron chi connectivity index (χ4n) is 0.676. The maximum atomic E-state index is 10.6. The lowest BCUT2D eigenvalue weighted by molar-refractivity contribution is -0.131. The summed E-state index contributed by atoms with van der Waals surface area (Å²) < 4.78 is 0. The second-order valence-electron chi connectivity index (χ2n) is 2.83. The molecule has 0 aromatic heterocycles. The molecule has 0 bridgehead atoms. The lowest BCUT2D eigenvalue weighted by Gasteiger charge is -2.09. The van der Waals surface area contributed by atoms with Crippen LogP contribution in [0.2, 0.25) is 0 Å². The van der Waals surface area contributed by atoms with Crippen LogP contribution in [0.1, 0.15) is 13.8 Å². The van der Waals surface area contributed by atoms with Crippen LogP contribution < -0.4 is 11.1 Å². The number of rotatable bonds is 5. The highest BCUT2D eigenvalue weighted by molar-refractivity contribution is 5.81. The molecule has 0 aromatic rings. The van der Waals surface area contributed by atoms with E-state index < -0.39 is 17.9 Å². The zero-order valence-corrected chi connectivity index (χ0v) is 7.70. The second kappa shape index (κ2) is 5.31. The van der Waals surface area contributed by atoms with E-state index in [-0.39, 0.29) is 0 Å². The third-order valence-corrected chi connectivity index (χ3v) is 1.48. The van der Waals surface area contributed by atoms with Gasteiger partial charge in [0.2, 0.25) is 5.91 Å². The molecule has 0 fully saturated rings. The summed E-state index contributed by atoms with van der Waals surface area (Å²) in [4.78, 5) is 20.8. The van der Waals surface area contributed by atoms with E-state index in [1.54, 1.807) is 13.8 Å². The number of carboxylic acids is 1. The van der Waals surface area contributed by atoms with Crippen LogP contribution in [0.25, 0.3) is 0 Å². The lowest BCUT2D eigenvalue weighted by Crippen LogP contribution is -2.39. The molecular weight excluding hydrogens is 172 g/mol. The first-order valence-corrected chi connectivity index (χ1v) is 3.86. The molecule has 0 spiro atoms. The van der Waals surface area contributed by atoms with Gasteiger partial charge in [-0.05, 0) is 13.8 Å². The number of nitrogens with one attached hydrogen (secondary N) is 1. The summed E-state index contributed by atoms with van der Waals surface area (Å²) in [5.41, 5.74) is 5.63. The Kier molecular flexibility index (Phi) is 4.76. The van der Waals surface area contributed by atoms with Gasteiger partial charge < -0.3 is 16.2 Å². The Morgan fingerprint density at radius 2 is 2.15 bits per heavy atom. The minimum Gasteiger partial charge on any atom is -0.478 e. The topological polar surface area (TPSA) is 92.4 Å². The monoisotopic (exact) mass is 186 g/mol. The minimum atomic E-state index is -0.994. The quantitative estimate of drug-likeness (QED) is 0.504. The molecule has 0 saturated carbocycles. The first-order valence-electron chi connectivity index (χ1n) is 3.86. The summed E-state index contributed by atoms with van der Waals surface area (Å²) in [5.74, 6) is -1.45. The Morgan fingerprint density at radius 3 is 2.54 bits per heavy atom. The molecule has 0 aliphatic carbocycles. The zero-order chi connectivity index (χ0) is 10.4. The number of aliphatic carboxylic acids is 1. The number of nitrogens with two attached hydrogens (primary N) is 1. The number of carbonyl (C=O) groups excluding carboxylic acids is 1. The number of hydrogen-bond donors (Lipinski definition) is 3. The van der Waals surface area contributed by atoms with Crippen molar-refractivity contribution in [2.45, 2.75) is 19.9 Å². The summed E-state index contributed by atoms with van der Waals surface area (Å²) in [7, 11) is 0. The predicted molar refractivity (Wildman–Crippen MR) is 48.1 cm³/mol. The van der Waals surface area contributed by atoms with Gasteiger partial charge in [-0.15, -0.1) is 0 Å². The predicted octanol–water partition coefficient (Wildman–Crippen LogP) is -0.519. The molecule has 1 amide bonds. The van der Waals surface area contributed by atoms with E-state index in [4.69, 9.17) is 10.8 Å². The molecule has 13 heavy (non-hydrogen) atoms. The van der Waals surface area contributed by atoms with Crippen LogP contribution in [0.15, 0.2) is 11.6 Å². The maximum Gasteiger partial charge on any atom is 0.328 e. The van der Waals surface area contributed by atoms with Crippen molar-refractivity contribution in [1.82, 2.24) is 5.32 Å². The van der Waals surface area contributed by atoms with Crippen molar-refractivity contribution in [1.29, 1.82) is 0 Å². The normalized spacial score (nSPS) is 13.8. The molecule has 0 rings (SSSR count). The fraction of sp³-hybridized carbons (Fsp3) is 0.500. The first-order chi connectivity index (χ1) is 5.93. The van der Waals surface area contributed by atoms with E-state index >= 15 is 0 Å². The molecule has 5 nitrogen and oxygen atoms in total. The lowest BCUT2D eigenvalue weighted by atomic mass is 10.2. The highest BCUT2D eigenvalue weighted by Gasteiger charge is 2.06. The van der Waals surface area contributed by atoms with Crippen molar-refractivity contribution < 1.29 is 14.7 Å². The van der Waals surface area contributed by atoms with E-state index in [1.165, 1.54) is 0 Å². The SMILES string of the molecule is CC(=CC(=O)O)CNC(C)C(N)=O. The molecule has 0 aromatic carbocycles. The van der Waals surface area contributed by atoms with Crippen molar-refractivity contribution in [2.24, 2.45) is 5.73 Å². The molecule has 1 unspecified atom stereocenters. The summed E-state index contributed by atoms with van der Waals surface area (Å²) in [6, 6.07) is -0.447. The number of amides is 1. The van der Waals surface area contributed by atoms with Crippen molar-refractivity contribution in [3.8, 4) is 0 Å². The number of primary amides is 1. The van der Waals surface area contributed by atoms with E-state index in [0.717, 1.165) is 6.08 Å². The van der Waals surface area contributed by atoms with Crippen LogP contribution in [0, 0.1) is 0 Å². The number of hydrogen-bond acceptors (Lipinski definition) is 3. The van der Waals surface area contributed by atoms with Crippen molar-refractivity contribution >= 4 is 11.9 Å². The third kappa shape index (κ3) is 5.86. The van der Waals surface area contributed by atoms with Gasteiger partial charge in [0.25, 0.3) is 0 Å². The Balaban J connectivity index is 3.89. The van der Waals surface area contributed by atoms with E-state index in [2.05, 4.69) is 5.32 Å². The largest absolute Gasteiger partial charge is 0.478 e. The van der Waals surface area contributed by atoms with Gasteiger partial charge in [0.1, 0.15) is 0 Å². The van der Waals surface area contributed by atoms with Crippen LogP contribution in [-0.4, -0.2) is 29.6 Å². The minimum absolute atomic E-state index is 0.344. The molecule has 0 aliphatic heterocycles. The molecule has 74 valence electrons. The number of carboxylic acid groups (broad SMARTS) is 1. The van der Waals surface area contributed by atoms with E-state index in [0.29, 0.717) is 12.1 Å². The van der Waals surface area contributed by atoms with Gasteiger partial charge in [-0.3, -0.25) is 4.79 Å². The summed E-state index contributed by atoms with van der Waals surface area (Å²) in [6.45, 7) is 3.63. The Morgan fingerprint density at radius 1 is 1.62 bits per heavy atom. The molecule has 5 heteroatoms. The van der Waals surface area contributed by atoms with E-state index in [9.17, 15) is 9.59 Å². The van der Waals surface area contributed by atoms with Crippen LogP contribution in [0.3, 0.4) is 0 Å². The Bertz CT molecular complexity index is 236. The average molecular weight is 186 g/mol. The smallest absolute Gasteiger partial charge is 0.328 e. The summed E-state index contributed by atoms with van der Waals surface area (Å²) in [5, 5.41) is 11.1. The molecule has 0 aliphatic rings. The van der Waals surface area contributed by atoms with Crippen LogP contribution >= 0.6 is 0 Å². The van der Waals surface area contributed by atoms with Gasteiger partial charge in [-0.25, -0.2) is 4.79 Å². The Labute approximate surface area is 76.6 Å². The Hall–Kier alpha value is -1.36.